The van der Waals surface area contributed by atoms with E-state index in [4.69, 9.17) is 9.84 Å². The number of carboxylic acid groups (broad SMARTS) is 1. The second kappa shape index (κ2) is 6.71. The summed E-state index contributed by atoms with van der Waals surface area (Å²) in [4.78, 5) is 22.9. The minimum atomic E-state index is -1.11. The normalized spacial score (nSPS) is 11.0. The third-order valence-corrected chi connectivity index (χ3v) is 3.18. The van der Waals surface area contributed by atoms with Gasteiger partial charge in [0, 0.05) is 18.1 Å². The number of hydrogen-bond donors (Lipinski definition) is 3. The molecule has 1 aromatic carbocycles. The third-order valence-electron chi connectivity index (χ3n) is 2.69. The summed E-state index contributed by atoms with van der Waals surface area (Å²) >= 11 is 3.19. The molecule has 0 saturated carbocycles. The van der Waals surface area contributed by atoms with Crippen LogP contribution in [0.2, 0.25) is 0 Å². The van der Waals surface area contributed by atoms with Crippen molar-refractivity contribution in [2.75, 3.05) is 19.0 Å². The first-order valence-electron chi connectivity index (χ1n) is 5.88. The lowest BCUT2D eigenvalue weighted by Gasteiger charge is -2.23. The number of rotatable bonds is 5. The molecular weight excluding hydrogens is 328 g/mol. The molecule has 0 aliphatic rings. The largest absolute Gasteiger partial charge is 0.478 e. The van der Waals surface area contributed by atoms with Gasteiger partial charge in [-0.25, -0.2) is 9.59 Å². The van der Waals surface area contributed by atoms with Gasteiger partial charge in [0.05, 0.1) is 16.9 Å². The number of hydrogen-bond acceptors (Lipinski definition) is 3. The maximum absolute atomic E-state index is 11.8. The Morgan fingerprint density at radius 1 is 1.40 bits per heavy atom. The highest BCUT2D eigenvalue weighted by atomic mass is 79.9. The van der Waals surface area contributed by atoms with E-state index in [-0.39, 0.29) is 11.3 Å². The van der Waals surface area contributed by atoms with E-state index in [1.165, 1.54) is 12.1 Å². The number of benzene rings is 1. The smallest absolute Gasteiger partial charge is 0.337 e. The predicted octanol–water partition coefficient (Wildman–Crippen LogP) is 2.69. The summed E-state index contributed by atoms with van der Waals surface area (Å²) < 4.78 is 5.80. The number of amides is 2. The molecule has 1 rings (SSSR count). The number of anilines is 1. The maximum atomic E-state index is 11.8. The molecule has 0 fully saturated rings. The Morgan fingerprint density at radius 2 is 2.05 bits per heavy atom. The van der Waals surface area contributed by atoms with E-state index in [2.05, 4.69) is 26.6 Å². The fourth-order valence-electron chi connectivity index (χ4n) is 1.33. The summed E-state index contributed by atoms with van der Waals surface area (Å²) in [6.45, 7) is 3.96. The number of halogens is 1. The van der Waals surface area contributed by atoms with E-state index in [1.54, 1.807) is 13.2 Å². The molecule has 0 saturated heterocycles. The minimum absolute atomic E-state index is 0.0144. The van der Waals surface area contributed by atoms with E-state index < -0.39 is 17.6 Å². The van der Waals surface area contributed by atoms with Crippen LogP contribution in [0.3, 0.4) is 0 Å². The zero-order chi connectivity index (χ0) is 15.3. The SMILES string of the molecule is COC(C)(C)CNC(=O)Nc1ccc(Br)cc1C(=O)O. The summed E-state index contributed by atoms with van der Waals surface area (Å²) in [5.41, 5.74) is -0.249. The average molecular weight is 345 g/mol. The molecule has 110 valence electrons. The Hall–Kier alpha value is -1.60. The number of carboxylic acids is 1. The van der Waals surface area contributed by atoms with Gasteiger partial charge in [-0.2, -0.15) is 0 Å². The lowest BCUT2D eigenvalue weighted by atomic mass is 10.1. The number of methoxy groups -OCH3 is 1. The van der Waals surface area contributed by atoms with Crippen molar-refractivity contribution in [3.8, 4) is 0 Å². The summed E-state index contributed by atoms with van der Waals surface area (Å²) in [5.74, 6) is -1.11. The van der Waals surface area contributed by atoms with Crippen molar-refractivity contribution in [1.82, 2.24) is 5.32 Å². The Morgan fingerprint density at radius 3 is 2.60 bits per heavy atom. The molecule has 0 heterocycles. The Kier molecular flexibility index (Phi) is 5.52. The first-order chi connectivity index (χ1) is 9.25. The van der Waals surface area contributed by atoms with Crippen LogP contribution in [-0.2, 0) is 4.74 Å². The lowest BCUT2D eigenvalue weighted by molar-refractivity contribution is 0.0257. The fraction of sp³-hybridized carbons (Fsp3) is 0.385. The number of ether oxygens (including phenoxy) is 1. The standard InChI is InChI=1S/C13H17BrN2O4/c1-13(2,20-3)7-15-12(19)16-10-5-4-8(14)6-9(10)11(17)18/h4-6H,7H2,1-3H3,(H,17,18)(H2,15,16,19). The maximum Gasteiger partial charge on any atom is 0.337 e. The van der Waals surface area contributed by atoms with Gasteiger partial charge in [0.1, 0.15) is 0 Å². The second-order valence-electron chi connectivity index (χ2n) is 4.77. The van der Waals surface area contributed by atoms with Crippen LogP contribution in [0.5, 0.6) is 0 Å². The number of carbonyl (C=O) groups is 2. The zero-order valence-electron chi connectivity index (χ0n) is 11.5. The molecule has 0 atom stereocenters. The molecule has 0 radical (unpaired) electrons. The van der Waals surface area contributed by atoms with E-state index in [0.717, 1.165) is 0 Å². The molecule has 0 spiro atoms. The van der Waals surface area contributed by atoms with E-state index >= 15 is 0 Å². The van der Waals surface area contributed by atoms with Crippen molar-refractivity contribution in [2.45, 2.75) is 19.4 Å². The van der Waals surface area contributed by atoms with Crippen molar-refractivity contribution in [1.29, 1.82) is 0 Å². The topological polar surface area (TPSA) is 87.7 Å². The minimum Gasteiger partial charge on any atom is -0.478 e. The highest BCUT2D eigenvalue weighted by Gasteiger charge is 2.18. The van der Waals surface area contributed by atoms with Crippen LogP contribution in [0, 0.1) is 0 Å². The predicted molar refractivity (Wildman–Crippen MR) is 79.2 cm³/mol. The van der Waals surface area contributed by atoms with Crippen LogP contribution in [0.25, 0.3) is 0 Å². The number of aromatic carboxylic acids is 1. The van der Waals surface area contributed by atoms with Crippen LogP contribution in [0.1, 0.15) is 24.2 Å². The van der Waals surface area contributed by atoms with Gasteiger partial charge in [0.2, 0.25) is 0 Å². The van der Waals surface area contributed by atoms with Gasteiger partial charge >= 0.3 is 12.0 Å². The van der Waals surface area contributed by atoms with Gasteiger partial charge in [0.15, 0.2) is 0 Å². The number of carbonyl (C=O) groups excluding carboxylic acids is 1. The molecule has 0 unspecified atom stereocenters. The Bertz CT molecular complexity index is 517. The third kappa shape index (κ3) is 4.82. The average Bonchev–Trinajstić information content (AvgIpc) is 2.38. The summed E-state index contributed by atoms with van der Waals surface area (Å²) in [6.07, 6.45) is 0. The van der Waals surface area contributed by atoms with E-state index in [1.807, 2.05) is 13.8 Å². The van der Waals surface area contributed by atoms with Gasteiger partial charge < -0.3 is 20.5 Å². The number of nitrogens with one attached hydrogen (secondary N) is 2. The molecular formula is C13H17BrN2O4. The monoisotopic (exact) mass is 344 g/mol. The van der Waals surface area contributed by atoms with E-state index in [9.17, 15) is 9.59 Å². The fourth-order valence-corrected chi connectivity index (χ4v) is 1.70. The summed E-state index contributed by atoms with van der Waals surface area (Å²) in [5, 5.41) is 14.2. The zero-order valence-corrected chi connectivity index (χ0v) is 13.1. The molecule has 2 amide bonds. The highest BCUT2D eigenvalue weighted by molar-refractivity contribution is 9.10. The van der Waals surface area contributed by atoms with Gasteiger partial charge in [0.25, 0.3) is 0 Å². The number of urea groups is 1. The lowest BCUT2D eigenvalue weighted by Crippen LogP contribution is -2.41. The van der Waals surface area contributed by atoms with Gasteiger partial charge in [-0.15, -0.1) is 0 Å². The van der Waals surface area contributed by atoms with Gasteiger partial charge in [-0.05, 0) is 32.0 Å². The van der Waals surface area contributed by atoms with Crippen molar-refractivity contribution in [3.05, 3.63) is 28.2 Å². The van der Waals surface area contributed by atoms with Gasteiger partial charge in [-0.3, -0.25) is 0 Å². The van der Waals surface area contributed by atoms with Gasteiger partial charge in [-0.1, -0.05) is 15.9 Å². The Labute approximate surface area is 125 Å². The molecule has 6 nitrogen and oxygen atoms in total. The molecule has 0 aromatic heterocycles. The van der Waals surface area contributed by atoms with Crippen LogP contribution in [0.4, 0.5) is 10.5 Å². The molecule has 0 aliphatic carbocycles. The van der Waals surface area contributed by atoms with Crippen LogP contribution in [0.15, 0.2) is 22.7 Å². The van der Waals surface area contributed by atoms with Crippen molar-refractivity contribution in [2.24, 2.45) is 0 Å². The second-order valence-corrected chi connectivity index (χ2v) is 5.68. The highest BCUT2D eigenvalue weighted by Crippen LogP contribution is 2.21. The quantitative estimate of drug-likeness (QED) is 0.766. The van der Waals surface area contributed by atoms with E-state index in [0.29, 0.717) is 11.0 Å². The summed E-state index contributed by atoms with van der Waals surface area (Å²) in [6, 6.07) is 4.12. The molecule has 3 N–H and O–H groups in total. The Balaban J connectivity index is 2.74. The van der Waals surface area contributed by atoms with Crippen LogP contribution < -0.4 is 10.6 Å². The molecule has 0 bridgehead atoms. The molecule has 0 aliphatic heterocycles. The first-order valence-corrected chi connectivity index (χ1v) is 6.67. The van der Waals surface area contributed by atoms with Crippen molar-refractivity contribution in [3.63, 3.8) is 0 Å². The molecule has 1 aromatic rings. The van der Waals surface area contributed by atoms with Crippen LogP contribution in [-0.4, -0.2) is 36.4 Å². The van der Waals surface area contributed by atoms with Crippen LogP contribution >= 0.6 is 15.9 Å². The molecule has 20 heavy (non-hydrogen) atoms. The first kappa shape index (κ1) is 16.5. The molecule has 7 heteroatoms. The van der Waals surface area contributed by atoms with Crippen molar-refractivity contribution < 1.29 is 19.4 Å². The summed E-state index contributed by atoms with van der Waals surface area (Å²) in [7, 11) is 1.55. The van der Waals surface area contributed by atoms with Crippen molar-refractivity contribution >= 4 is 33.6 Å².